The van der Waals surface area contributed by atoms with E-state index in [1.807, 2.05) is 0 Å². The third kappa shape index (κ3) is 33.8. The molecule has 25 heteroatoms. The van der Waals surface area contributed by atoms with Crippen molar-refractivity contribution in [1.29, 1.82) is 0 Å². The van der Waals surface area contributed by atoms with E-state index in [0.29, 0.717) is 19.3 Å². The second-order valence-electron chi connectivity index (χ2n) is 25.6. The summed E-state index contributed by atoms with van der Waals surface area (Å²) in [7, 11) is -5.69. The van der Waals surface area contributed by atoms with Gasteiger partial charge in [-0.3, -0.25) is 23.4 Å². The minimum atomic E-state index is -5.69. The van der Waals surface area contributed by atoms with Crippen molar-refractivity contribution in [3.8, 4) is 0 Å². The van der Waals surface area contributed by atoms with E-state index in [4.69, 9.17) is 42.2 Å². The number of allylic oxidation sites excluding steroid dienone is 2. The monoisotopic (exact) mass is 1340 g/mol. The first-order valence-electron chi connectivity index (χ1n) is 35.5. The smallest absolute Gasteiger partial charge is 0.463 e. The van der Waals surface area contributed by atoms with Gasteiger partial charge in [-0.15, -0.1) is 0 Å². The summed E-state index contributed by atoms with van der Waals surface area (Å²) in [5.74, 6) is -2.00. The van der Waals surface area contributed by atoms with Gasteiger partial charge in [0.25, 0.3) is 0 Å². The predicted octanol–water partition coefficient (Wildman–Crippen LogP) is 8.40. The molecule has 92 heavy (non-hydrogen) atoms. The molecule has 2 aliphatic heterocycles. The lowest BCUT2D eigenvalue weighted by Crippen LogP contribution is -2.69. The zero-order chi connectivity index (χ0) is 67.5. The third-order valence-corrected chi connectivity index (χ3v) is 18.5. The Hall–Kier alpha value is -2.30. The van der Waals surface area contributed by atoms with Crippen LogP contribution in [0.1, 0.15) is 265 Å². The van der Waals surface area contributed by atoms with Crippen molar-refractivity contribution < 1.29 is 117 Å². The maximum absolute atomic E-state index is 14.3. The Morgan fingerprint density at radius 2 is 0.761 bits per heavy atom. The summed E-state index contributed by atoms with van der Waals surface area (Å²) in [5, 5.41) is 110. The first-order chi connectivity index (χ1) is 44.3. The Morgan fingerprint density at radius 3 is 1.18 bits per heavy atom. The van der Waals surface area contributed by atoms with Crippen molar-refractivity contribution in [2.75, 3.05) is 26.4 Å². The van der Waals surface area contributed by atoms with E-state index in [9.17, 15) is 74.9 Å². The van der Waals surface area contributed by atoms with Gasteiger partial charge in [-0.25, -0.2) is 4.57 Å². The molecule has 2 saturated heterocycles. The van der Waals surface area contributed by atoms with Crippen molar-refractivity contribution in [2.24, 2.45) is 0 Å². The van der Waals surface area contributed by atoms with Gasteiger partial charge in [0.15, 0.2) is 18.7 Å². The number of aliphatic hydroxyl groups excluding tert-OH is 10. The van der Waals surface area contributed by atoms with Gasteiger partial charge < -0.3 is 89.1 Å². The molecule has 2 heterocycles. The molecule has 0 aromatic rings. The number of carbonyl (C=O) groups excluding carboxylic acids is 3. The quantitative estimate of drug-likeness (QED) is 0.00894. The average molecular weight is 1340 g/mol. The minimum Gasteiger partial charge on any atom is -0.463 e. The van der Waals surface area contributed by atoms with E-state index in [0.717, 1.165) is 96.3 Å². The molecule has 24 nitrogen and oxygen atoms in total. The van der Waals surface area contributed by atoms with Gasteiger partial charge in [-0.05, 0) is 44.9 Å². The molecular weight excluding hydrogens is 1220 g/mol. The lowest BCUT2D eigenvalue weighted by atomic mass is 9.84. The molecule has 0 aromatic carbocycles. The maximum atomic E-state index is 14.3. The zero-order valence-electron chi connectivity index (χ0n) is 55.8. The molecule has 1 saturated carbocycles. The fourth-order valence-electron chi connectivity index (χ4n) is 11.7. The van der Waals surface area contributed by atoms with Crippen molar-refractivity contribution in [3.63, 3.8) is 0 Å². The van der Waals surface area contributed by atoms with Gasteiger partial charge >= 0.3 is 25.7 Å². The summed E-state index contributed by atoms with van der Waals surface area (Å²) < 4.78 is 64.8. The molecule has 0 amide bonds. The molecule has 3 aliphatic rings. The Labute approximate surface area is 548 Å². The first kappa shape index (κ1) is 83.9. The van der Waals surface area contributed by atoms with Gasteiger partial charge in [0.2, 0.25) is 0 Å². The molecule has 3 fully saturated rings. The second kappa shape index (κ2) is 50.1. The van der Waals surface area contributed by atoms with Crippen LogP contribution in [0.5, 0.6) is 0 Å². The lowest BCUT2D eigenvalue weighted by molar-refractivity contribution is -0.360. The number of rotatable bonds is 54. The van der Waals surface area contributed by atoms with Gasteiger partial charge in [0, 0.05) is 19.3 Å². The van der Waals surface area contributed by atoms with Crippen LogP contribution in [0, 0.1) is 0 Å². The van der Waals surface area contributed by atoms with Gasteiger partial charge in [-0.2, -0.15) is 0 Å². The van der Waals surface area contributed by atoms with E-state index in [1.165, 1.54) is 109 Å². The number of phosphoric acid groups is 1. The van der Waals surface area contributed by atoms with E-state index >= 15 is 0 Å². The summed E-state index contributed by atoms with van der Waals surface area (Å²) in [6.45, 7) is 3.39. The highest BCUT2D eigenvalue weighted by Gasteiger charge is 2.58. The van der Waals surface area contributed by atoms with Gasteiger partial charge in [-0.1, -0.05) is 213 Å². The van der Waals surface area contributed by atoms with E-state index in [1.54, 1.807) is 0 Å². The Morgan fingerprint density at radius 1 is 0.413 bits per heavy atom. The Kier molecular flexibility index (Phi) is 45.7. The van der Waals surface area contributed by atoms with Gasteiger partial charge in [0.1, 0.15) is 98.7 Å². The molecule has 0 bridgehead atoms. The van der Waals surface area contributed by atoms with Crippen molar-refractivity contribution in [2.45, 2.75) is 369 Å². The molecule has 0 spiro atoms. The summed E-state index contributed by atoms with van der Waals surface area (Å²) in [6.07, 6.45) is 6.03. The van der Waals surface area contributed by atoms with Crippen LogP contribution in [0.2, 0.25) is 0 Å². The molecule has 3 rings (SSSR count). The van der Waals surface area contributed by atoms with Crippen molar-refractivity contribution >= 4 is 25.7 Å². The molecular formula is C67H123O24P. The maximum Gasteiger partial charge on any atom is 0.472 e. The average Bonchev–Trinajstić information content (AvgIpc) is 0.774. The Bertz CT molecular complexity index is 1970. The standard InChI is InChI=1S/C67H123O24P/c1-4-7-10-13-16-19-22-24-25-28-30-33-36-39-42-52(70)84-47-50-55(73)57(75)62(80)67(88-50)90-64-60(78)58(76)59(77)63(89-66-61(79)56(74)54(72)49(44-68)87-66)65(64)91-92(81,82)85-46-48(45-83-51(69)41-38-35-32-29-26-21-18-15-12-9-6-3)86-53(71)43-40-37-34-31-27-23-20-17-14-11-8-5-2/h25,28,48-50,54-68,72-80H,4-24,26-27,29-47H2,1-3H3,(H,81,82)/b28-25-. The highest BCUT2D eigenvalue weighted by atomic mass is 31.2. The SMILES string of the molecule is CCCCCCCCC/C=C\CCCCCC(=O)OCC1OC(OC2C(O)C(O)C(O)C(OC3OC(CO)C(O)C(O)C3O)C2OP(=O)(O)OCC(COC(=O)CCCCCCCCCCCCC)OC(=O)CCCCCCCCCCCCCC)C(O)C(O)C1O. The van der Waals surface area contributed by atoms with Crippen molar-refractivity contribution in [1.82, 2.24) is 0 Å². The third-order valence-electron chi connectivity index (χ3n) is 17.5. The summed E-state index contributed by atoms with van der Waals surface area (Å²) in [5.41, 5.74) is 0. The first-order valence-corrected chi connectivity index (χ1v) is 37.0. The number of hydrogen-bond acceptors (Lipinski definition) is 23. The fourth-order valence-corrected chi connectivity index (χ4v) is 12.7. The number of aliphatic hydroxyl groups is 10. The number of unbranched alkanes of at least 4 members (excludes halogenated alkanes) is 31. The van der Waals surface area contributed by atoms with Crippen LogP contribution in [0.25, 0.3) is 0 Å². The van der Waals surface area contributed by atoms with Crippen LogP contribution >= 0.6 is 7.82 Å². The largest absolute Gasteiger partial charge is 0.472 e. The van der Waals surface area contributed by atoms with Crippen LogP contribution in [0.15, 0.2) is 12.2 Å². The number of hydrogen-bond donors (Lipinski definition) is 11. The predicted molar refractivity (Wildman–Crippen MR) is 342 cm³/mol. The number of esters is 3. The van der Waals surface area contributed by atoms with Crippen LogP contribution in [0.3, 0.4) is 0 Å². The lowest BCUT2D eigenvalue weighted by Gasteiger charge is -2.49. The van der Waals surface area contributed by atoms with Crippen molar-refractivity contribution in [3.05, 3.63) is 12.2 Å². The molecule has 1 aliphatic carbocycles. The molecule has 18 unspecified atom stereocenters. The second-order valence-corrected chi connectivity index (χ2v) is 27.0. The molecule has 11 N–H and O–H groups in total. The highest BCUT2D eigenvalue weighted by molar-refractivity contribution is 7.47. The zero-order valence-corrected chi connectivity index (χ0v) is 56.7. The summed E-state index contributed by atoms with van der Waals surface area (Å²) in [6, 6.07) is 0. The number of carbonyl (C=O) groups is 3. The van der Waals surface area contributed by atoms with Crippen LogP contribution < -0.4 is 0 Å². The van der Waals surface area contributed by atoms with Crippen LogP contribution in [-0.4, -0.2) is 204 Å². The van der Waals surface area contributed by atoms with Crippen LogP contribution in [-0.2, 0) is 61.2 Å². The normalized spacial score (nSPS) is 28.7. The number of phosphoric ester groups is 1. The highest BCUT2D eigenvalue weighted by Crippen LogP contribution is 2.49. The molecule has 540 valence electrons. The number of ether oxygens (including phenoxy) is 7. The van der Waals surface area contributed by atoms with E-state index in [-0.39, 0.29) is 19.3 Å². The van der Waals surface area contributed by atoms with E-state index < -0.39 is 156 Å². The molecule has 0 aromatic heterocycles. The van der Waals surface area contributed by atoms with Crippen LogP contribution in [0.4, 0.5) is 0 Å². The minimum absolute atomic E-state index is 0.00949. The summed E-state index contributed by atoms with van der Waals surface area (Å²) >= 11 is 0. The topological polar surface area (TPSA) is 374 Å². The Balaban J connectivity index is 1.76. The fraction of sp³-hybridized carbons (Fsp3) is 0.925. The molecule has 0 radical (unpaired) electrons. The molecule has 18 atom stereocenters. The van der Waals surface area contributed by atoms with E-state index in [2.05, 4.69) is 32.9 Å². The van der Waals surface area contributed by atoms with Gasteiger partial charge in [0.05, 0.1) is 13.2 Å². The summed E-state index contributed by atoms with van der Waals surface area (Å²) in [4.78, 5) is 50.8.